The van der Waals surface area contributed by atoms with Crippen molar-refractivity contribution in [2.24, 2.45) is 5.73 Å². The summed E-state index contributed by atoms with van der Waals surface area (Å²) in [7, 11) is 0. The number of para-hydroxylation sites is 1. The first-order valence-corrected chi connectivity index (χ1v) is 7.80. The van der Waals surface area contributed by atoms with Crippen LogP contribution in [0.2, 0.25) is 0 Å². The second-order valence-electron chi connectivity index (χ2n) is 5.55. The van der Waals surface area contributed by atoms with Crippen LogP contribution in [-0.2, 0) is 11.3 Å². The summed E-state index contributed by atoms with van der Waals surface area (Å²) >= 11 is 3.56. The van der Waals surface area contributed by atoms with Crippen molar-refractivity contribution >= 4 is 15.9 Å². The van der Waals surface area contributed by atoms with Crippen LogP contribution in [0.25, 0.3) is 0 Å². The second-order valence-corrected chi connectivity index (χ2v) is 6.40. The van der Waals surface area contributed by atoms with Gasteiger partial charge >= 0.3 is 0 Å². The van der Waals surface area contributed by atoms with Crippen molar-refractivity contribution in [1.29, 1.82) is 0 Å². The topological polar surface area (TPSA) is 44.5 Å². The first-order chi connectivity index (χ1) is 9.22. The highest BCUT2D eigenvalue weighted by Gasteiger charge is 2.43. The summed E-state index contributed by atoms with van der Waals surface area (Å²) in [6.07, 6.45) is 5.89. The largest absolute Gasteiger partial charge is 0.489 e. The van der Waals surface area contributed by atoms with E-state index >= 15 is 0 Å². The molecule has 1 aliphatic carbocycles. The van der Waals surface area contributed by atoms with E-state index in [1.165, 1.54) is 19.3 Å². The predicted molar refractivity (Wildman–Crippen MR) is 78.2 cm³/mol. The number of halogens is 1. The Morgan fingerprint density at radius 2 is 2.26 bits per heavy atom. The van der Waals surface area contributed by atoms with Crippen LogP contribution in [0.5, 0.6) is 5.75 Å². The minimum atomic E-state index is 0.118. The molecule has 0 amide bonds. The lowest BCUT2D eigenvalue weighted by atomic mass is 9.74. The first kappa shape index (κ1) is 13.4. The van der Waals surface area contributed by atoms with Crippen molar-refractivity contribution in [3.8, 4) is 5.75 Å². The molecule has 1 heterocycles. The number of benzene rings is 1. The SMILES string of the molecule is NCc1cccc(Br)c1OC1CCOC2(CCC2)C1. The van der Waals surface area contributed by atoms with Gasteiger partial charge in [0.1, 0.15) is 11.9 Å². The average molecular weight is 326 g/mol. The number of hydrogen-bond acceptors (Lipinski definition) is 3. The summed E-state index contributed by atoms with van der Waals surface area (Å²) in [5, 5.41) is 0. The fourth-order valence-electron chi connectivity index (χ4n) is 3.02. The Morgan fingerprint density at radius 1 is 1.42 bits per heavy atom. The molecule has 3 nitrogen and oxygen atoms in total. The van der Waals surface area contributed by atoms with E-state index < -0.39 is 0 Å². The fourth-order valence-corrected chi connectivity index (χ4v) is 3.52. The molecule has 1 unspecified atom stereocenters. The zero-order chi connectivity index (χ0) is 13.3. The number of nitrogens with two attached hydrogens (primary N) is 1. The molecule has 1 saturated carbocycles. The van der Waals surface area contributed by atoms with E-state index in [0.29, 0.717) is 6.54 Å². The lowest BCUT2D eigenvalue weighted by molar-refractivity contribution is -0.153. The van der Waals surface area contributed by atoms with Crippen molar-refractivity contribution in [2.45, 2.75) is 50.4 Å². The number of ether oxygens (including phenoxy) is 2. The Hall–Kier alpha value is -0.580. The quantitative estimate of drug-likeness (QED) is 0.926. The third-order valence-electron chi connectivity index (χ3n) is 4.27. The van der Waals surface area contributed by atoms with Gasteiger partial charge in [0.2, 0.25) is 0 Å². The van der Waals surface area contributed by atoms with Gasteiger partial charge in [-0.05, 0) is 41.3 Å². The third kappa shape index (κ3) is 2.67. The summed E-state index contributed by atoms with van der Waals surface area (Å²) in [6.45, 7) is 1.32. The molecule has 1 saturated heterocycles. The minimum Gasteiger partial charge on any atom is -0.489 e. The molecule has 3 rings (SSSR count). The molecule has 19 heavy (non-hydrogen) atoms. The van der Waals surface area contributed by atoms with E-state index in [0.717, 1.165) is 35.2 Å². The molecule has 1 aliphatic heterocycles. The minimum absolute atomic E-state index is 0.118. The lowest BCUT2D eigenvalue weighted by Crippen LogP contribution is -2.48. The smallest absolute Gasteiger partial charge is 0.138 e. The van der Waals surface area contributed by atoms with E-state index in [2.05, 4.69) is 15.9 Å². The van der Waals surface area contributed by atoms with Crippen molar-refractivity contribution in [2.75, 3.05) is 6.61 Å². The summed E-state index contributed by atoms with van der Waals surface area (Å²) < 4.78 is 13.2. The van der Waals surface area contributed by atoms with Crippen LogP contribution in [0, 0.1) is 0 Å². The monoisotopic (exact) mass is 325 g/mol. The summed E-state index contributed by atoms with van der Waals surface area (Å²) in [6, 6.07) is 6.03. The zero-order valence-corrected chi connectivity index (χ0v) is 12.6. The van der Waals surface area contributed by atoms with Crippen LogP contribution < -0.4 is 10.5 Å². The molecule has 104 valence electrons. The van der Waals surface area contributed by atoms with Gasteiger partial charge in [0.05, 0.1) is 16.7 Å². The van der Waals surface area contributed by atoms with Crippen LogP contribution in [0.15, 0.2) is 22.7 Å². The maximum atomic E-state index is 6.23. The van der Waals surface area contributed by atoms with E-state index in [9.17, 15) is 0 Å². The highest BCUT2D eigenvalue weighted by atomic mass is 79.9. The molecular weight excluding hydrogens is 306 g/mol. The fraction of sp³-hybridized carbons (Fsp3) is 0.600. The van der Waals surface area contributed by atoms with Crippen molar-refractivity contribution in [3.05, 3.63) is 28.2 Å². The van der Waals surface area contributed by atoms with E-state index in [1.807, 2.05) is 18.2 Å². The van der Waals surface area contributed by atoms with Gasteiger partial charge in [-0.25, -0.2) is 0 Å². The third-order valence-corrected chi connectivity index (χ3v) is 4.89. The molecule has 1 atom stereocenters. The molecular formula is C15H20BrNO2. The average Bonchev–Trinajstić information content (AvgIpc) is 2.40. The summed E-state index contributed by atoms with van der Waals surface area (Å²) in [5.41, 5.74) is 6.97. The van der Waals surface area contributed by atoms with Crippen LogP contribution >= 0.6 is 15.9 Å². The van der Waals surface area contributed by atoms with E-state index in [1.54, 1.807) is 0 Å². The number of rotatable bonds is 3. The molecule has 2 aliphatic rings. The van der Waals surface area contributed by atoms with Crippen LogP contribution in [0.4, 0.5) is 0 Å². The van der Waals surface area contributed by atoms with Gasteiger partial charge in [-0.15, -0.1) is 0 Å². The highest BCUT2D eigenvalue weighted by molar-refractivity contribution is 9.10. The molecule has 2 N–H and O–H groups in total. The first-order valence-electron chi connectivity index (χ1n) is 7.00. The van der Waals surface area contributed by atoms with Crippen LogP contribution in [0.3, 0.4) is 0 Å². The van der Waals surface area contributed by atoms with Crippen molar-refractivity contribution in [1.82, 2.24) is 0 Å². The Balaban J connectivity index is 1.74. The zero-order valence-electron chi connectivity index (χ0n) is 11.0. The molecule has 1 spiro atoms. The molecule has 2 fully saturated rings. The van der Waals surface area contributed by atoms with E-state index in [-0.39, 0.29) is 11.7 Å². The van der Waals surface area contributed by atoms with Gasteiger partial charge in [0, 0.05) is 24.9 Å². The van der Waals surface area contributed by atoms with Crippen molar-refractivity contribution < 1.29 is 9.47 Å². The maximum Gasteiger partial charge on any atom is 0.138 e. The van der Waals surface area contributed by atoms with Gasteiger partial charge in [0.15, 0.2) is 0 Å². The van der Waals surface area contributed by atoms with Crippen LogP contribution in [0.1, 0.15) is 37.7 Å². The maximum absolute atomic E-state index is 6.23. The number of hydrogen-bond donors (Lipinski definition) is 1. The summed E-state index contributed by atoms with van der Waals surface area (Å²) in [4.78, 5) is 0. The molecule has 4 heteroatoms. The van der Waals surface area contributed by atoms with Gasteiger partial charge in [-0.1, -0.05) is 12.1 Å². The summed E-state index contributed by atoms with van der Waals surface area (Å²) in [5.74, 6) is 0.909. The Labute approximate surface area is 122 Å². The molecule has 0 radical (unpaired) electrons. The van der Waals surface area contributed by atoms with E-state index in [4.69, 9.17) is 15.2 Å². The predicted octanol–water partition coefficient (Wildman–Crippen LogP) is 3.39. The Bertz CT molecular complexity index is 459. The molecule has 0 bridgehead atoms. The standard InChI is InChI=1S/C15H20BrNO2/c16-13-4-1-3-11(10-17)14(13)19-12-5-8-18-15(9-12)6-2-7-15/h1,3-4,12H,2,5-10,17H2. The van der Waals surface area contributed by atoms with Crippen molar-refractivity contribution in [3.63, 3.8) is 0 Å². The van der Waals surface area contributed by atoms with Gasteiger partial charge < -0.3 is 15.2 Å². The lowest BCUT2D eigenvalue weighted by Gasteiger charge is -2.47. The molecule has 1 aromatic carbocycles. The van der Waals surface area contributed by atoms with Crippen LogP contribution in [-0.4, -0.2) is 18.3 Å². The molecule has 0 aromatic heterocycles. The Morgan fingerprint density at radius 3 is 2.95 bits per heavy atom. The van der Waals surface area contributed by atoms with Gasteiger partial charge in [0.25, 0.3) is 0 Å². The second kappa shape index (κ2) is 5.43. The Kier molecular flexibility index (Phi) is 3.83. The van der Waals surface area contributed by atoms with Gasteiger partial charge in [-0.2, -0.15) is 0 Å². The normalized spacial score (nSPS) is 25.1. The van der Waals surface area contributed by atoms with Gasteiger partial charge in [-0.3, -0.25) is 0 Å². The highest BCUT2D eigenvalue weighted by Crippen LogP contribution is 2.43. The molecule has 1 aromatic rings.